The Morgan fingerprint density at radius 1 is 1.69 bits per heavy atom. The lowest BCUT2D eigenvalue weighted by Crippen LogP contribution is -2.41. The van der Waals surface area contributed by atoms with Crippen LogP contribution in [-0.4, -0.2) is 34.5 Å². The highest BCUT2D eigenvalue weighted by Gasteiger charge is 2.17. The minimum absolute atomic E-state index is 0.327. The number of thioether (sulfide) groups is 1. The number of hydrogen-bond donors (Lipinski definition) is 2. The minimum atomic E-state index is -1.01. The molecule has 0 rings (SSSR count). The number of hydrogen-bond acceptors (Lipinski definition) is 3. The second kappa shape index (κ2) is 6.54. The third kappa shape index (κ3) is 6.21. The smallest absolute Gasteiger partial charge is 0.327 e. The molecule has 1 atom stereocenters. The molecular weight excluding hydrogens is 190 g/mol. The Balaban J connectivity index is 3.87. The largest absolute Gasteiger partial charge is 0.480 e. The predicted molar refractivity (Wildman–Crippen MR) is 52.8 cm³/mol. The summed E-state index contributed by atoms with van der Waals surface area (Å²) in [5.74, 6) is -0.289. The zero-order chi connectivity index (χ0) is 10.3. The van der Waals surface area contributed by atoms with Crippen molar-refractivity contribution < 1.29 is 14.7 Å². The topological polar surface area (TPSA) is 66.4 Å². The normalized spacial score (nSPS) is 11.8. The molecule has 4 nitrogen and oxygen atoms in total. The molecule has 1 amide bonds. The Morgan fingerprint density at radius 2 is 2.31 bits per heavy atom. The van der Waals surface area contributed by atoms with Crippen LogP contribution in [0.25, 0.3) is 0 Å². The number of nitrogens with one attached hydrogen (secondary N) is 1. The summed E-state index contributed by atoms with van der Waals surface area (Å²) in [6.45, 7) is 4.81. The second-order valence-electron chi connectivity index (χ2n) is 2.42. The van der Waals surface area contributed by atoms with Gasteiger partial charge in [-0.25, -0.2) is 4.79 Å². The van der Waals surface area contributed by atoms with Crippen molar-refractivity contribution in [2.24, 2.45) is 0 Å². The Kier molecular flexibility index (Phi) is 6.05. The molecule has 0 saturated heterocycles. The third-order valence-electron chi connectivity index (χ3n) is 1.20. The highest BCUT2D eigenvalue weighted by atomic mass is 32.2. The molecule has 0 radical (unpaired) electrons. The highest BCUT2D eigenvalue weighted by molar-refractivity contribution is 7.99. The maximum Gasteiger partial charge on any atom is 0.327 e. The molecule has 0 aromatic rings. The van der Waals surface area contributed by atoms with Crippen molar-refractivity contribution in [1.29, 1.82) is 0 Å². The molecule has 0 spiro atoms. The molecule has 0 heterocycles. The van der Waals surface area contributed by atoms with Crippen LogP contribution in [0.3, 0.4) is 0 Å². The van der Waals surface area contributed by atoms with Crippen molar-refractivity contribution in [3.05, 3.63) is 12.7 Å². The molecule has 0 fully saturated rings. The molecule has 13 heavy (non-hydrogen) atoms. The quantitative estimate of drug-likeness (QED) is 0.487. The molecule has 1 unspecified atom stereocenters. The second-order valence-corrected chi connectivity index (χ2v) is 3.49. The van der Waals surface area contributed by atoms with Gasteiger partial charge >= 0.3 is 5.97 Å². The molecule has 0 aliphatic heterocycles. The van der Waals surface area contributed by atoms with E-state index in [-0.39, 0.29) is 5.91 Å². The number of rotatable bonds is 6. The van der Waals surface area contributed by atoms with Crippen molar-refractivity contribution in [3.63, 3.8) is 0 Å². The third-order valence-corrected chi connectivity index (χ3v) is 2.24. The number of carbonyl (C=O) groups excluding carboxylic acids is 1. The number of aliphatic carboxylic acids is 1. The molecule has 0 aliphatic rings. The predicted octanol–water partition coefficient (Wildman–Crippen LogP) is 0.495. The molecule has 0 bridgehead atoms. The Hall–Kier alpha value is -0.970. The fourth-order valence-electron chi connectivity index (χ4n) is 0.689. The van der Waals surface area contributed by atoms with E-state index in [0.717, 1.165) is 0 Å². The molecule has 2 N–H and O–H groups in total. The van der Waals surface area contributed by atoms with Gasteiger partial charge in [-0.3, -0.25) is 4.79 Å². The lowest BCUT2D eigenvalue weighted by atomic mass is 10.3. The van der Waals surface area contributed by atoms with Gasteiger partial charge in [-0.2, -0.15) is 11.8 Å². The van der Waals surface area contributed by atoms with Gasteiger partial charge in [-0.05, 0) is 0 Å². The van der Waals surface area contributed by atoms with E-state index in [1.165, 1.54) is 18.7 Å². The van der Waals surface area contributed by atoms with Crippen LogP contribution in [0.1, 0.15) is 6.92 Å². The van der Waals surface area contributed by atoms with Crippen LogP contribution in [0.2, 0.25) is 0 Å². The molecular formula is C8H13NO3S. The summed E-state index contributed by atoms with van der Waals surface area (Å²) in [7, 11) is 0. The number of carbonyl (C=O) groups is 2. The molecule has 0 aliphatic carbocycles. The first kappa shape index (κ1) is 12.0. The first-order valence-corrected chi connectivity index (χ1v) is 4.92. The maximum atomic E-state index is 10.6. The average molecular weight is 203 g/mol. The van der Waals surface area contributed by atoms with Gasteiger partial charge in [0.25, 0.3) is 0 Å². The van der Waals surface area contributed by atoms with Gasteiger partial charge in [0.1, 0.15) is 6.04 Å². The number of amides is 1. The SMILES string of the molecule is C=CCSCC(NC(C)=O)C(=O)O. The summed E-state index contributed by atoms with van der Waals surface area (Å²) in [6, 6.07) is -0.803. The average Bonchev–Trinajstić information content (AvgIpc) is 2.02. The van der Waals surface area contributed by atoms with Crippen LogP contribution in [0, 0.1) is 0 Å². The molecule has 0 aromatic heterocycles. The van der Waals surface area contributed by atoms with Crippen LogP contribution in [0.15, 0.2) is 12.7 Å². The van der Waals surface area contributed by atoms with Crippen LogP contribution >= 0.6 is 11.8 Å². The number of carboxylic acid groups (broad SMARTS) is 1. The summed E-state index contributed by atoms with van der Waals surface area (Å²) < 4.78 is 0. The van der Waals surface area contributed by atoms with Gasteiger partial charge in [0.2, 0.25) is 5.91 Å². The Labute approximate surface area is 81.4 Å². The van der Waals surface area contributed by atoms with Gasteiger partial charge < -0.3 is 10.4 Å². The van der Waals surface area contributed by atoms with Crippen molar-refractivity contribution in [1.82, 2.24) is 5.32 Å². The summed E-state index contributed by atoms with van der Waals surface area (Å²) in [4.78, 5) is 21.2. The maximum absolute atomic E-state index is 10.6. The van der Waals surface area contributed by atoms with E-state index in [9.17, 15) is 9.59 Å². The summed E-state index contributed by atoms with van der Waals surface area (Å²) in [5, 5.41) is 11.0. The van der Waals surface area contributed by atoms with Crippen LogP contribution in [-0.2, 0) is 9.59 Å². The van der Waals surface area contributed by atoms with Gasteiger partial charge in [0.15, 0.2) is 0 Å². The fourth-order valence-corrected chi connectivity index (χ4v) is 1.45. The summed E-state index contributed by atoms with van der Waals surface area (Å²) in [6.07, 6.45) is 1.69. The first-order valence-electron chi connectivity index (χ1n) is 3.76. The minimum Gasteiger partial charge on any atom is -0.480 e. The Morgan fingerprint density at radius 3 is 2.69 bits per heavy atom. The molecule has 74 valence electrons. The zero-order valence-corrected chi connectivity index (χ0v) is 8.26. The standard InChI is InChI=1S/C8H13NO3S/c1-3-4-13-5-7(8(11)12)9-6(2)10/h3,7H,1,4-5H2,2H3,(H,9,10)(H,11,12). The zero-order valence-electron chi connectivity index (χ0n) is 7.45. The summed E-state index contributed by atoms with van der Waals surface area (Å²) >= 11 is 1.42. The van der Waals surface area contributed by atoms with E-state index in [1.54, 1.807) is 6.08 Å². The lowest BCUT2D eigenvalue weighted by Gasteiger charge is -2.11. The van der Waals surface area contributed by atoms with Crippen molar-refractivity contribution >= 4 is 23.6 Å². The number of carboxylic acids is 1. The van der Waals surface area contributed by atoms with Crippen LogP contribution < -0.4 is 5.32 Å². The first-order chi connectivity index (χ1) is 6.07. The molecule has 5 heteroatoms. The van der Waals surface area contributed by atoms with E-state index < -0.39 is 12.0 Å². The van der Waals surface area contributed by atoms with Crippen molar-refractivity contribution in [2.75, 3.05) is 11.5 Å². The Bertz CT molecular complexity index is 206. The summed E-state index contributed by atoms with van der Waals surface area (Å²) in [5.41, 5.74) is 0. The van der Waals surface area contributed by atoms with Gasteiger partial charge in [-0.15, -0.1) is 6.58 Å². The van der Waals surface area contributed by atoms with Crippen molar-refractivity contribution in [3.8, 4) is 0 Å². The molecule has 0 saturated carbocycles. The van der Waals surface area contributed by atoms with E-state index in [4.69, 9.17) is 5.11 Å². The van der Waals surface area contributed by atoms with Gasteiger partial charge in [0.05, 0.1) is 0 Å². The molecule has 0 aromatic carbocycles. The van der Waals surface area contributed by atoms with Crippen molar-refractivity contribution in [2.45, 2.75) is 13.0 Å². The van der Waals surface area contributed by atoms with E-state index in [2.05, 4.69) is 11.9 Å². The lowest BCUT2D eigenvalue weighted by molar-refractivity contribution is -0.140. The van der Waals surface area contributed by atoms with Crippen LogP contribution in [0.5, 0.6) is 0 Å². The van der Waals surface area contributed by atoms with E-state index in [1.807, 2.05) is 0 Å². The highest BCUT2D eigenvalue weighted by Crippen LogP contribution is 2.03. The van der Waals surface area contributed by atoms with Crippen LogP contribution in [0.4, 0.5) is 0 Å². The fraction of sp³-hybridized carbons (Fsp3) is 0.500. The van der Waals surface area contributed by atoms with E-state index >= 15 is 0 Å². The van der Waals surface area contributed by atoms with Gasteiger partial charge in [-0.1, -0.05) is 6.08 Å². The van der Waals surface area contributed by atoms with Gasteiger partial charge in [0, 0.05) is 18.4 Å². The van der Waals surface area contributed by atoms with E-state index in [0.29, 0.717) is 11.5 Å². The monoisotopic (exact) mass is 203 g/mol.